The number of aryl methyl sites for hydroxylation is 1. The van der Waals surface area contributed by atoms with Crippen molar-refractivity contribution in [3.8, 4) is 0 Å². The molecule has 2 rings (SSSR count). The van der Waals surface area contributed by atoms with Gasteiger partial charge in [-0.2, -0.15) is 0 Å². The summed E-state index contributed by atoms with van der Waals surface area (Å²) in [6, 6.07) is 0. The van der Waals surface area contributed by atoms with Gasteiger partial charge in [-0.1, -0.05) is 0 Å². The quantitative estimate of drug-likeness (QED) is 0.676. The normalized spacial score (nSPS) is 17.9. The maximum atomic E-state index is 12.0. The highest BCUT2D eigenvalue weighted by atomic mass is 32.2. The van der Waals surface area contributed by atoms with Crippen LogP contribution < -0.4 is 0 Å². The maximum Gasteiger partial charge on any atom is 0.306 e. The van der Waals surface area contributed by atoms with E-state index < -0.39 is 10.8 Å². The average molecular weight is 284 g/mol. The Balaban J connectivity index is 1.68. The van der Waals surface area contributed by atoms with Gasteiger partial charge < -0.3 is 9.30 Å². The molecule has 6 heteroatoms. The number of carbonyl (C=O) groups is 1. The number of hydrogen-bond donors (Lipinski definition) is 0. The zero-order valence-corrected chi connectivity index (χ0v) is 12.0. The van der Waals surface area contributed by atoms with Gasteiger partial charge in [0.25, 0.3) is 0 Å². The minimum Gasteiger partial charge on any atom is -0.469 e. The van der Waals surface area contributed by atoms with E-state index in [1.165, 1.54) is 7.11 Å². The Morgan fingerprint density at radius 3 is 2.89 bits per heavy atom. The highest BCUT2D eigenvalue weighted by Crippen LogP contribution is 2.49. The van der Waals surface area contributed by atoms with E-state index in [2.05, 4.69) is 9.72 Å². The summed E-state index contributed by atoms with van der Waals surface area (Å²) in [4.78, 5) is 15.3. The molecule has 1 unspecified atom stereocenters. The van der Waals surface area contributed by atoms with Crippen LogP contribution in [0.4, 0.5) is 0 Å². The van der Waals surface area contributed by atoms with Crippen molar-refractivity contribution in [2.24, 2.45) is 5.41 Å². The zero-order chi connectivity index (χ0) is 13.7. The minimum absolute atomic E-state index is 0.0348. The molecule has 5 nitrogen and oxygen atoms in total. The fraction of sp³-hybridized carbons (Fsp3) is 0.692. The number of methoxy groups -OCH3 is 1. The maximum absolute atomic E-state index is 12.0. The van der Waals surface area contributed by atoms with E-state index in [1.807, 2.05) is 10.8 Å². The summed E-state index contributed by atoms with van der Waals surface area (Å²) < 4.78 is 18.7. The molecule has 1 fully saturated rings. The smallest absolute Gasteiger partial charge is 0.306 e. The van der Waals surface area contributed by atoms with E-state index >= 15 is 0 Å². The van der Waals surface area contributed by atoms with E-state index in [1.54, 1.807) is 12.5 Å². The third-order valence-corrected chi connectivity index (χ3v) is 5.20. The summed E-state index contributed by atoms with van der Waals surface area (Å²) in [5.74, 6) is 1.13. The number of ether oxygens (including phenoxy) is 1. The standard InChI is InChI=1S/C13H20N2O3S/c1-18-12(16)9-13(3-4-13)10-19(17)8-2-6-15-7-5-14-11-15/h5,7,11H,2-4,6,8-10H2,1H3. The van der Waals surface area contributed by atoms with Crippen LogP contribution in [-0.2, 0) is 26.9 Å². The largest absolute Gasteiger partial charge is 0.469 e. The fourth-order valence-electron chi connectivity index (χ4n) is 2.17. The van der Waals surface area contributed by atoms with Gasteiger partial charge in [-0.15, -0.1) is 0 Å². The van der Waals surface area contributed by atoms with Crippen molar-refractivity contribution in [2.75, 3.05) is 18.6 Å². The van der Waals surface area contributed by atoms with Gasteiger partial charge in [0.05, 0.1) is 19.9 Å². The lowest BCUT2D eigenvalue weighted by Gasteiger charge is -2.13. The Bertz CT molecular complexity index is 441. The molecule has 19 heavy (non-hydrogen) atoms. The molecular weight excluding hydrogens is 264 g/mol. The molecule has 1 atom stereocenters. The molecule has 1 aromatic heterocycles. The van der Waals surface area contributed by atoms with Gasteiger partial charge in [-0.3, -0.25) is 9.00 Å². The molecule has 0 aliphatic heterocycles. The lowest BCUT2D eigenvalue weighted by Crippen LogP contribution is -2.19. The third kappa shape index (κ3) is 4.45. The molecule has 1 heterocycles. The summed E-state index contributed by atoms with van der Waals surface area (Å²) in [5.41, 5.74) is -0.0348. The SMILES string of the molecule is COC(=O)CC1(CS(=O)CCCn2ccnc2)CC1. The lowest BCUT2D eigenvalue weighted by molar-refractivity contribution is -0.141. The first-order valence-corrected chi connectivity index (χ1v) is 8.00. The fourth-order valence-corrected chi connectivity index (χ4v) is 3.84. The number of imidazole rings is 1. The third-order valence-electron chi connectivity index (χ3n) is 3.52. The van der Waals surface area contributed by atoms with E-state index in [0.29, 0.717) is 17.9 Å². The summed E-state index contributed by atoms with van der Waals surface area (Å²) in [7, 11) is 0.555. The van der Waals surface area contributed by atoms with E-state index in [4.69, 9.17) is 0 Å². The molecule has 1 aliphatic carbocycles. The molecular formula is C13H20N2O3S. The summed E-state index contributed by atoms with van der Waals surface area (Å²) in [6.07, 6.45) is 8.69. The Hall–Kier alpha value is -1.17. The van der Waals surface area contributed by atoms with Gasteiger partial charge in [-0.05, 0) is 24.7 Å². The van der Waals surface area contributed by atoms with Crippen LogP contribution in [0.1, 0.15) is 25.7 Å². The number of rotatable bonds is 8. The van der Waals surface area contributed by atoms with Crippen molar-refractivity contribution in [3.05, 3.63) is 18.7 Å². The van der Waals surface area contributed by atoms with Crippen molar-refractivity contribution in [3.63, 3.8) is 0 Å². The molecule has 1 saturated carbocycles. The van der Waals surface area contributed by atoms with Gasteiger partial charge in [-0.25, -0.2) is 4.98 Å². The molecule has 0 radical (unpaired) electrons. The zero-order valence-electron chi connectivity index (χ0n) is 11.2. The average Bonchev–Trinajstić information content (AvgIpc) is 2.91. The van der Waals surface area contributed by atoms with Crippen LogP contribution >= 0.6 is 0 Å². The second-order valence-corrected chi connectivity index (χ2v) is 6.77. The second-order valence-electron chi connectivity index (χ2n) is 5.20. The lowest BCUT2D eigenvalue weighted by atomic mass is 10.1. The predicted octanol–water partition coefficient (Wildman–Crippen LogP) is 1.37. The Kier molecular flexibility index (Phi) is 4.74. The topological polar surface area (TPSA) is 61.2 Å². The van der Waals surface area contributed by atoms with Crippen LogP contribution in [0, 0.1) is 5.41 Å². The van der Waals surface area contributed by atoms with Gasteiger partial charge in [0.2, 0.25) is 0 Å². The molecule has 106 valence electrons. The van der Waals surface area contributed by atoms with Crippen LogP contribution in [-0.4, -0.2) is 38.3 Å². The molecule has 0 aromatic carbocycles. The number of nitrogens with zero attached hydrogens (tertiary/aromatic N) is 2. The van der Waals surface area contributed by atoms with E-state index in [9.17, 15) is 9.00 Å². The van der Waals surface area contributed by atoms with Crippen molar-refractivity contribution < 1.29 is 13.7 Å². The summed E-state index contributed by atoms with van der Waals surface area (Å²) in [6.45, 7) is 0.843. The van der Waals surface area contributed by atoms with Gasteiger partial charge in [0.15, 0.2) is 0 Å². The highest BCUT2D eigenvalue weighted by Gasteiger charge is 2.45. The minimum atomic E-state index is -0.848. The molecule has 0 saturated heterocycles. The number of hydrogen-bond acceptors (Lipinski definition) is 4. The molecule has 1 aromatic rings. The Morgan fingerprint density at radius 1 is 1.53 bits per heavy atom. The molecule has 0 bridgehead atoms. The molecule has 0 spiro atoms. The van der Waals surface area contributed by atoms with Crippen molar-refractivity contribution in [1.29, 1.82) is 0 Å². The second kappa shape index (κ2) is 6.32. The first-order valence-electron chi connectivity index (χ1n) is 6.51. The predicted molar refractivity (Wildman–Crippen MR) is 73.0 cm³/mol. The first kappa shape index (κ1) is 14.2. The first-order chi connectivity index (χ1) is 9.13. The summed E-state index contributed by atoms with van der Waals surface area (Å²) >= 11 is 0. The van der Waals surface area contributed by atoms with Crippen LogP contribution in [0.15, 0.2) is 18.7 Å². The molecule has 1 aliphatic rings. The Morgan fingerprint density at radius 2 is 2.32 bits per heavy atom. The number of aromatic nitrogens is 2. The van der Waals surface area contributed by atoms with Crippen LogP contribution in [0.3, 0.4) is 0 Å². The van der Waals surface area contributed by atoms with Gasteiger partial charge >= 0.3 is 5.97 Å². The van der Waals surface area contributed by atoms with Crippen LogP contribution in [0.5, 0.6) is 0 Å². The van der Waals surface area contributed by atoms with Crippen molar-refractivity contribution >= 4 is 16.8 Å². The number of carbonyl (C=O) groups excluding carboxylic acids is 1. The Labute approximate surface area is 115 Å². The summed E-state index contributed by atoms with van der Waals surface area (Å²) in [5, 5.41) is 0. The van der Waals surface area contributed by atoms with Crippen molar-refractivity contribution in [1.82, 2.24) is 9.55 Å². The van der Waals surface area contributed by atoms with Crippen molar-refractivity contribution in [2.45, 2.75) is 32.2 Å². The monoisotopic (exact) mass is 284 g/mol. The van der Waals surface area contributed by atoms with Crippen LogP contribution in [0.25, 0.3) is 0 Å². The van der Waals surface area contributed by atoms with Gasteiger partial charge in [0, 0.05) is 41.2 Å². The molecule has 0 N–H and O–H groups in total. The highest BCUT2D eigenvalue weighted by molar-refractivity contribution is 7.85. The van der Waals surface area contributed by atoms with E-state index in [0.717, 1.165) is 25.8 Å². The molecule has 0 amide bonds. The van der Waals surface area contributed by atoms with Gasteiger partial charge in [0.1, 0.15) is 0 Å². The van der Waals surface area contributed by atoms with E-state index in [-0.39, 0.29) is 11.4 Å². The van der Waals surface area contributed by atoms with Crippen LogP contribution in [0.2, 0.25) is 0 Å². The number of esters is 1.